The predicted octanol–water partition coefficient (Wildman–Crippen LogP) is 3.94. The second-order valence-corrected chi connectivity index (χ2v) is 12.0. The fourth-order valence-corrected chi connectivity index (χ4v) is 7.61. The van der Waals surface area contributed by atoms with Crippen LogP contribution in [-0.4, -0.2) is 59.9 Å². The molecule has 2 aromatic carbocycles. The highest BCUT2D eigenvalue weighted by molar-refractivity contribution is 7.89. The molecule has 2 aliphatic carbocycles. The topological polar surface area (TPSA) is 77.9 Å². The van der Waals surface area contributed by atoms with E-state index in [2.05, 4.69) is 0 Å². The fraction of sp³-hybridized carbons (Fsp3) is 0.500. The molecule has 2 aromatic rings. The summed E-state index contributed by atoms with van der Waals surface area (Å²) in [4.78, 5) is 15.0. The number of alkyl halides is 3. The molecule has 0 aromatic heterocycles. The van der Waals surface area contributed by atoms with Gasteiger partial charge in [-0.1, -0.05) is 36.4 Å². The molecule has 0 spiro atoms. The zero-order valence-electron chi connectivity index (χ0n) is 19.7. The van der Waals surface area contributed by atoms with Crippen LogP contribution < -0.4 is 0 Å². The largest absolute Gasteiger partial charge is 0.416 e. The first-order valence-corrected chi connectivity index (χ1v) is 13.7. The minimum absolute atomic E-state index is 0.0591. The van der Waals surface area contributed by atoms with E-state index in [9.17, 15) is 31.5 Å². The van der Waals surface area contributed by atoms with E-state index in [4.69, 9.17) is 0 Å². The number of sulfonamides is 1. The normalized spacial score (nSPS) is 25.6. The fourth-order valence-electron chi connectivity index (χ4n) is 5.64. The highest BCUT2D eigenvalue weighted by Gasteiger charge is 2.53. The van der Waals surface area contributed by atoms with Crippen molar-refractivity contribution in [3.05, 3.63) is 65.7 Å². The van der Waals surface area contributed by atoms with Crippen LogP contribution in [0.5, 0.6) is 0 Å². The maximum Gasteiger partial charge on any atom is 0.416 e. The van der Waals surface area contributed by atoms with Gasteiger partial charge in [0.25, 0.3) is 0 Å². The summed E-state index contributed by atoms with van der Waals surface area (Å²) in [5, 5.41) is 10.0. The monoisotopic (exact) mass is 522 g/mol. The molecular formula is C26H29F3N2O4S. The van der Waals surface area contributed by atoms with E-state index in [1.54, 1.807) is 4.90 Å². The van der Waals surface area contributed by atoms with Gasteiger partial charge in [-0.05, 0) is 62.3 Å². The first-order chi connectivity index (χ1) is 17.0. The van der Waals surface area contributed by atoms with Gasteiger partial charge in [0.05, 0.1) is 22.0 Å². The zero-order chi connectivity index (χ0) is 25.7. The summed E-state index contributed by atoms with van der Waals surface area (Å²) in [5.74, 6) is -0.0591. The number of hydrogen-bond acceptors (Lipinski definition) is 4. The molecule has 2 saturated carbocycles. The Morgan fingerprint density at radius 1 is 0.944 bits per heavy atom. The van der Waals surface area contributed by atoms with Crippen LogP contribution in [0, 0.1) is 0 Å². The maximum absolute atomic E-state index is 13.6. The quantitative estimate of drug-likeness (QED) is 0.624. The van der Waals surface area contributed by atoms with Crippen molar-refractivity contribution in [2.75, 3.05) is 13.1 Å². The zero-order valence-corrected chi connectivity index (χ0v) is 20.5. The molecular weight excluding hydrogens is 493 g/mol. The van der Waals surface area contributed by atoms with Crippen molar-refractivity contribution in [1.29, 1.82) is 0 Å². The number of hydrogen-bond donors (Lipinski definition) is 1. The average Bonchev–Trinajstić information content (AvgIpc) is 3.67. The first kappa shape index (κ1) is 25.2. The van der Waals surface area contributed by atoms with E-state index < -0.39 is 33.3 Å². The Kier molecular flexibility index (Phi) is 6.41. The van der Waals surface area contributed by atoms with E-state index in [0.29, 0.717) is 57.7 Å². The standard InChI is InChI=1S/C26H29F3N2O4S/c27-26(28,29)19-7-4-8-23(15-19)36(34,35)31(20-9-10-20)21-11-13-30(14-12-21)24(33)25(16-22(32)17-25)18-5-2-1-3-6-18/h1-8,15,20-22,32H,9-14,16-17H2. The Hall–Kier alpha value is -2.43. The van der Waals surface area contributed by atoms with Crippen LogP contribution in [0.3, 0.4) is 0 Å². The molecule has 1 heterocycles. The lowest BCUT2D eigenvalue weighted by molar-refractivity contribution is -0.147. The van der Waals surface area contributed by atoms with Gasteiger partial charge in [-0.25, -0.2) is 8.42 Å². The Balaban J connectivity index is 1.33. The molecule has 6 nitrogen and oxygen atoms in total. The molecule has 1 amide bonds. The number of aliphatic hydroxyl groups is 1. The highest BCUT2D eigenvalue weighted by atomic mass is 32.2. The van der Waals surface area contributed by atoms with Crippen LogP contribution >= 0.6 is 0 Å². The van der Waals surface area contributed by atoms with Crippen LogP contribution in [0.15, 0.2) is 59.5 Å². The van der Waals surface area contributed by atoms with Gasteiger partial charge in [-0.15, -0.1) is 0 Å². The number of likely N-dealkylation sites (tertiary alicyclic amines) is 1. The summed E-state index contributed by atoms with van der Waals surface area (Å²) in [6, 6.07) is 12.7. The third kappa shape index (κ3) is 4.54. The van der Waals surface area contributed by atoms with Crippen molar-refractivity contribution in [2.24, 2.45) is 0 Å². The summed E-state index contributed by atoms with van der Waals surface area (Å²) in [5.41, 5.74) is -0.892. The summed E-state index contributed by atoms with van der Waals surface area (Å²) in [6.45, 7) is 0.713. The van der Waals surface area contributed by atoms with Gasteiger partial charge >= 0.3 is 6.18 Å². The van der Waals surface area contributed by atoms with Gasteiger partial charge in [0.15, 0.2) is 0 Å². The maximum atomic E-state index is 13.6. The third-order valence-electron chi connectivity index (χ3n) is 7.66. The van der Waals surface area contributed by atoms with Gasteiger partial charge in [0.2, 0.25) is 15.9 Å². The summed E-state index contributed by atoms with van der Waals surface area (Å²) >= 11 is 0. The lowest BCUT2D eigenvalue weighted by Crippen LogP contribution is -2.59. The van der Waals surface area contributed by atoms with E-state index >= 15 is 0 Å². The van der Waals surface area contributed by atoms with Gasteiger partial charge in [-0.3, -0.25) is 4.79 Å². The minimum atomic E-state index is -4.63. The number of aliphatic hydroxyl groups excluding tert-OH is 1. The van der Waals surface area contributed by atoms with Crippen LogP contribution in [0.4, 0.5) is 13.2 Å². The Bertz CT molecular complexity index is 1220. The van der Waals surface area contributed by atoms with Gasteiger partial charge in [-0.2, -0.15) is 17.5 Å². The summed E-state index contributed by atoms with van der Waals surface area (Å²) < 4.78 is 68.0. The smallest absolute Gasteiger partial charge is 0.393 e. The number of piperidine rings is 1. The highest BCUT2D eigenvalue weighted by Crippen LogP contribution is 2.46. The molecule has 1 aliphatic heterocycles. The number of benzene rings is 2. The number of amides is 1. The molecule has 0 atom stereocenters. The molecule has 0 radical (unpaired) electrons. The van der Waals surface area contributed by atoms with E-state index in [-0.39, 0.29) is 22.9 Å². The van der Waals surface area contributed by atoms with Gasteiger partial charge in [0.1, 0.15) is 0 Å². The van der Waals surface area contributed by atoms with Crippen molar-refractivity contribution in [3.63, 3.8) is 0 Å². The molecule has 194 valence electrons. The summed E-state index contributed by atoms with van der Waals surface area (Å²) in [7, 11) is -4.13. The molecule has 1 saturated heterocycles. The van der Waals surface area contributed by atoms with Gasteiger partial charge < -0.3 is 10.0 Å². The molecule has 0 bridgehead atoms. The summed E-state index contributed by atoms with van der Waals surface area (Å²) in [6.07, 6.45) is -2.29. The molecule has 3 fully saturated rings. The molecule has 3 aliphatic rings. The van der Waals surface area contributed by atoms with Crippen LogP contribution in [0.1, 0.15) is 49.7 Å². The number of carbonyl (C=O) groups excluding carboxylic acids is 1. The molecule has 10 heteroatoms. The SMILES string of the molecule is O=C(N1CCC(N(C2CC2)S(=O)(=O)c2cccc(C(F)(F)F)c2)CC1)C1(c2ccccc2)CC(O)C1. The predicted molar refractivity (Wildman–Crippen MR) is 126 cm³/mol. The number of rotatable bonds is 6. The van der Waals surface area contributed by atoms with Crippen LogP contribution in [0.2, 0.25) is 0 Å². The van der Waals surface area contributed by atoms with Crippen molar-refractivity contribution < 1.29 is 31.5 Å². The second-order valence-electron chi connectivity index (χ2n) is 10.1. The molecule has 5 rings (SSSR count). The first-order valence-electron chi connectivity index (χ1n) is 12.3. The van der Waals surface area contributed by atoms with E-state index in [1.807, 2.05) is 30.3 Å². The van der Waals surface area contributed by atoms with Crippen LogP contribution in [0.25, 0.3) is 0 Å². The Morgan fingerprint density at radius 2 is 1.56 bits per heavy atom. The number of halogens is 3. The Morgan fingerprint density at radius 3 is 2.11 bits per heavy atom. The number of carbonyl (C=O) groups is 1. The lowest BCUT2D eigenvalue weighted by Gasteiger charge is -2.48. The van der Waals surface area contributed by atoms with Crippen molar-refractivity contribution in [2.45, 2.75) is 73.2 Å². The van der Waals surface area contributed by atoms with Crippen molar-refractivity contribution in [3.8, 4) is 0 Å². The average molecular weight is 523 g/mol. The van der Waals surface area contributed by atoms with Crippen molar-refractivity contribution in [1.82, 2.24) is 9.21 Å². The second kappa shape index (κ2) is 9.15. The van der Waals surface area contributed by atoms with E-state index in [0.717, 1.165) is 17.7 Å². The minimum Gasteiger partial charge on any atom is -0.393 e. The van der Waals surface area contributed by atoms with E-state index in [1.165, 1.54) is 10.4 Å². The molecule has 0 unspecified atom stereocenters. The molecule has 36 heavy (non-hydrogen) atoms. The lowest BCUT2D eigenvalue weighted by atomic mass is 9.61. The van der Waals surface area contributed by atoms with Gasteiger partial charge in [0, 0.05) is 25.2 Å². The third-order valence-corrected chi connectivity index (χ3v) is 9.66. The Labute approximate surface area is 208 Å². The molecule has 1 N–H and O–H groups in total. The van der Waals surface area contributed by atoms with Crippen LogP contribution in [-0.2, 0) is 26.4 Å². The van der Waals surface area contributed by atoms with Crippen molar-refractivity contribution >= 4 is 15.9 Å². The number of nitrogens with zero attached hydrogens (tertiary/aromatic N) is 2.